The van der Waals surface area contributed by atoms with Gasteiger partial charge in [-0.05, 0) is 30.7 Å². The Labute approximate surface area is 193 Å². The van der Waals surface area contributed by atoms with Crippen LogP contribution in [-0.2, 0) is 12.3 Å². The molecule has 0 N–H and O–H groups in total. The smallest absolute Gasteiger partial charge is 0.192 e. The lowest BCUT2D eigenvalue weighted by Gasteiger charge is -2.08. The Kier molecular flexibility index (Phi) is 6.58. The van der Waals surface area contributed by atoms with Crippen molar-refractivity contribution in [3.63, 3.8) is 0 Å². The summed E-state index contributed by atoms with van der Waals surface area (Å²) in [6.45, 7) is 6.56. The zero-order chi connectivity index (χ0) is 21.1. The zero-order valence-electron chi connectivity index (χ0n) is 16.2. The third kappa shape index (κ3) is 4.47. The van der Waals surface area contributed by atoms with Crippen LogP contribution in [0.5, 0.6) is 0 Å². The van der Waals surface area contributed by atoms with Crippen molar-refractivity contribution in [1.29, 1.82) is 0 Å². The van der Waals surface area contributed by atoms with Crippen LogP contribution in [0.3, 0.4) is 0 Å². The molecule has 0 radical (unpaired) electrons. The molecule has 0 amide bonds. The number of hydrogen-bond acceptors (Lipinski definition) is 5. The molecule has 0 fully saturated rings. The molecule has 2 aromatic heterocycles. The first-order valence-electron chi connectivity index (χ1n) is 9.19. The number of halogens is 2. The van der Waals surface area contributed by atoms with Gasteiger partial charge >= 0.3 is 0 Å². The SMILES string of the molecule is C=CCn1c(SCc2csc(-c3ccccc3C)n2)nnc1-c1ccc(Cl)c(Cl)c1. The lowest BCUT2D eigenvalue weighted by molar-refractivity contribution is 0.731. The fourth-order valence-corrected chi connectivity index (χ4v) is 5.14. The summed E-state index contributed by atoms with van der Waals surface area (Å²) in [5, 5.41) is 13.7. The van der Waals surface area contributed by atoms with Crippen LogP contribution in [0.15, 0.2) is 65.7 Å². The van der Waals surface area contributed by atoms with Crippen LogP contribution in [0.4, 0.5) is 0 Å². The molecule has 0 bridgehead atoms. The third-order valence-electron chi connectivity index (χ3n) is 4.48. The number of aromatic nitrogens is 4. The van der Waals surface area contributed by atoms with Gasteiger partial charge in [-0.1, -0.05) is 65.3 Å². The number of allylic oxidation sites excluding steroid dienone is 1. The van der Waals surface area contributed by atoms with E-state index in [0.29, 0.717) is 22.3 Å². The van der Waals surface area contributed by atoms with E-state index in [1.807, 2.05) is 28.8 Å². The minimum Gasteiger partial charge on any atom is -0.298 e. The van der Waals surface area contributed by atoms with Gasteiger partial charge in [-0.15, -0.1) is 28.1 Å². The largest absolute Gasteiger partial charge is 0.298 e. The van der Waals surface area contributed by atoms with E-state index in [0.717, 1.165) is 27.2 Å². The fourth-order valence-electron chi connectivity index (χ4n) is 2.99. The number of thioether (sulfide) groups is 1. The van der Waals surface area contributed by atoms with Crippen LogP contribution in [-0.4, -0.2) is 19.7 Å². The van der Waals surface area contributed by atoms with Crippen molar-refractivity contribution in [3.8, 4) is 22.0 Å². The first-order chi connectivity index (χ1) is 14.6. The summed E-state index contributed by atoms with van der Waals surface area (Å²) in [6.07, 6.45) is 1.83. The summed E-state index contributed by atoms with van der Waals surface area (Å²) in [4.78, 5) is 4.81. The standard InChI is InChI=1S/C22H18Cl2N4S2/c1-3-10-28-20(15-8-9-18(23)19(24)11-15)26-27-22(28)30-13-16-12-29-21(25-16)17-7-5-4-6-14(17)2/h3-9,11-12H,1,10,13H2,2H3. The van der Waals surface area contributed by atoms with E-state index < -0.39 is 0 Å². The minimum atomic E-state index is 0.489. The summed E-state index contributed by atoms with van der Waals surface area (Å²) in [6, 6.07) is 13.8. The molecule has 0 spiro atoms. The number of thiazole rings is 1. The molecule has 30 heavy (non-hydrogen) atoms. The number of aryl methyl sites for hydroxylation is 1. The molecule has 0 saturated heterocycles. The van der Waals surface area contributed by atoms with Gasteiger partial charge in [0.05, 0.1) is 15.7 Å². The molecule has 0 atom stereocenters. The molecule has 4 aromatic rings. The average Bonchev–Trinajstić information content (AvgIpc) is 3.36. The Morgan fingerprint density at radius 1 is 1.13 bits per heavy atom. The third-order valence-corrected chi connectivity index (χ3v) is 7.15. The van der Waals surface area contributed by atoms with Gasteiger partial charge in [0.15, 0.2) is 11.0 Å². The highest BCUT2D eigenvalue weighted by Crippen LogP contribution is 2.32. The van der Waals surface area contributed by atoms with Crippen molar-refractivity contribution in [2.45, 2.75) is 24.4 Å². The summed E-state index contributed by atoms with van der Waals surface area (Å²) in [7, 11) is 0. The molecule has 4 nitrogen and oxygen atoms in total. The topological polar surface area (TPSA) is 43.6 Å². The van der Waals surface area contributed by atoms with Gasteiger partial charge in [0.1, 0.15) is 5.01 Å². The van der Waals surface area contributed by atoms with Crippen molar-refractivity contribution in [2.24, 2.45) is 0 Å². The summed E-state index contributed by atoms with van der Waals surface area (Å²) >= 11 is 15.5. The molecular formula is C22H18Cl2N4S2. The predicted molar refractivity (Wildman–Crippen MR) is 128 cm³/mol. The minimum absolute atomic E-state index is 0.489. The first-order valence-corrected chi connectivity index (χ1v) is 11.8. The molecule has 0 aliphatic carbocycles. The molecule has 4 rings (SSSR count). The second-order valence-corrected chi connectivity index (χ2v) is 9.20. The Balaban J connectivity index is 1.55. The van der Waals surface area contributed by atoms with Crippen molar-refractivity contribution in [1.82, 2.24) is 19.7 Å². The molecular weight excluding hydrogens is 455 g/mol. The highest BCUT2D eigenvalue weighted by Gasteiger charge is 2.16. The molecule has 0 aliphatic heterocycles. The van der Waals surface area contributed by atoms with Gasteiger partial charge in [-0.2, -0.15) is 0 Å². The van der Waals surface area contributed by atoms with Crippen LogP contribution in [0.25, 0.3) is 22.0 Å². The van der Waals surface area contributed by atoms with Crippen LogP contribution in [0, 0.1) is 6.92 Å². The number of rotatable bonds is 7. The van der Waals surface area contributed by atoms with Crippen LogP contribution in [0.2, 0.25) is 10.0 Å². The van der Waals surface area contributed by atoms with Crippen molar-refractivity contribution >= 4 is 46.3 Å². The quantitative estimate of drug-likeness (QED) is 0.211. The second kappa shape index (κ2) is 9.35. The maximum atomic E-state index is 6.18. The lowest BCUT2D eigenvalue weighted by Crippen LogP contribution is -2.00. The second-order valence-electron chi connectivity index (χ2n) is 6.58. The monoisotopic (exact) mass is 472 g/mol. The van der Waals surface area contributed by atoms with Crippen LogP contribution in [0.1, 0.15) is 11.3 Å². The Hall–Kier alpha value is -2.12. The molecule has 0 saturated carbocycles. The normalized spacial score (nSPS) is 11.0. The Morgan fingerprint density at radius 2 is 1.97 bits per heavy atom. The predicted octanol–water partition coefficient (Wildman–Crippen LogP) is 7.16. The average molecular weight is 473 g/mol. The molecule has 8 heteroatoms. The lowest BCUT2D eigenvalue weighted by atomic mass is 10.1. The Morgan fingerprint density at radius 3 is 2.73 bits per heavy atom. The molecule has 2 heterocycles. The van der Waals surface area contributed by atoms with Gasteiger partial charge in [0, 0.05) is 28.8 Å². The van der Waals surface area contributed by atoms with Gasteiger partial charge in [-0.25, -0.2) is 4.98 Å². The van der Waals surface area contributed by atoms with Crippen LogP contribution < -0.4 is 0 Å². The highest BCUT2D eigenvalue weighted by atomic mass is 35.5. The number of nitrogens with zero attached hydrogens (tertiary/aromatic N) is 4. The zero-order valence-corrected chi connectivity index (χ0v) is 19.3. The van der Waals surface area contributed by atoms with E-state index in [2.05, 4.69) is 41.2 Å². The first kappa shape index (κ1) is 21.1. The van der Waals surface area contributed by atoms with E-state index >= 15 is 0 Å². The highest BCUT2D eigenvalue weighted by molar-refractivity contribution is 7.98. The van der Waals surface area contributed by atoms with Crippen LogP contribution >= 0.6 is 46.3 Å². The van der Waals surface area contributed by atoms with Crippen molar-refractivity contribution in [2.75, 3.05) is 0 Å². The van der Waals surface area contributed by atoms with Gasteiger partial charge in [-0.3, -0.25) is 4.57 Å². The van der Waals surface area contributed by atoms with E-state index in [9.17, 15) is 0 Å². The van der Waals surface area contributed by atoms with E-state index in [1.54, 1.807) is 35.2 Å². The van der Waals surface area contributed by atoms with Crippen molar-refractivity contribution < 1.29 is 0 Å². The summed E-state index contributed by atoms with van der Waals surface area (Å²) in [5.41, 5.74) is 4.28. The number of benzene rings is 2. The summed E-state index contributed by atoms with van der Waals surface area (Å²) in [5.74, 6) is 1.44. The van der Waals surface area contributed by atoms with Gasteiger partial charge in [0.2, 0.25) is 0 Å². The maximum absolute atomic E-state index is 6.18. The molecule has 2 aromatic carbocycles. The molecule has 152 valence electrons. The fraction of sp³-hybridized carbons (Fsp3) is 0.136. The maximum Gasteiger partial charge on any atom is 0.192 e. The van der Waals surface area contributed by atoms with Crippen molar-refractivity contribution in [3.05, 3.63) is 81.8 Å². The van der Waals surface area contributed by atoms with Gasteiger partial charge < -0.3 is 0 Å². The summed E-state index contributed by atoms with van der Waals surface area (Å²) < 4.78 is 2.02. The van der Waals surface area contributed by atoms with E-state index in [1.165, 1.54) is 11.1 Å². The number of hydrogen-bond donors (Lipinski definition) is 0. The van der Waals surface area contributed by atoms with E-state index in [4.69, 9.17) is 28.2 Å². The molecule has 0 unspecified atom stereocenters. The van der Waals surface area contributed by atoms with Gasteiger partial charge in [0.25, 0.3) is 0 Å². The Bertz CT molecular complexity index is 1200. The van der Waals surface area contributed by atoms with E-state index in [-0.39, 0.29) is 0 Å². The molecule has 0 aliphatic rings.